The molecule has 0 aliphatic carbocycles. The summed E-state index contributed by atoms with van der Waals surface area (Å²) in [6.07, 6.45) is 5.08. The quantitative estimate of drug-likeness (QED) is 0.895. The van der Waals surface area contributed by atoms with Gasteiger partial charge in [-0.15, -0.1) is 0 Å². The summed E-state index contributed by atoms with van der Waals surface area (Å²) in [5.41, 5.74) is 0. The second-order valence-corrected chi connectivity index (χ2v) is 6.80. The second kappa shape index (κ2) is 7.29. The third kappa shape index (κ3) is 3.83. The molecule has 2 aliphatic heterocycles. The van der Waals surface area contributed by atoms with Crippen LogP contribution >= 0.6 is 0 Å². The Labute approximate surface area is 137 Å². The van der Waals surface area contributed by atoms with Crippen LogP contribution in [0.25, 0.3) is 0 Å². The van der Waals surface area contributed by atoms with Gasteiger partial charge in [0.15, 0.2) is 5.82 Å². The number of rotatable bonds is 3. The Morgan fingerprint density at radius 3 is 2.91 bits per heavy atom. The van der Waals surface area contributed by atoms with Gasteiger partial charge in [-0.3, -0.25) is 5.10 Å². The normalized spacial score (nSPS) is 25.6. The Bertz CT molecular complexity index is 524. The number of carbonyl (C=O) groups is 1. The Morgan fingerprint density at radius 2 is 2.22 bits per heavy atom. The van der Waals surface area contributed by atoms with Gasteiger partial charge in [-0.05, 0) is 32.1 Å². The molecule has 3 heterocycles. The Morgan fingerprint density at radius 1 is 1.35 bits per heavy atom. The van der Waals surface area contributed by atoms with Gasteiger partial charge in [0.25, 0.3) is 0 Å². The van der Waals surface area contributed by atoms with Gasteiger partial charge in [-0.25, -0.2) is 9.78 Å². The lowest BCUT2D eigenvalue weighted by atomic mass is 10.0. The Hall–Kier alpha value is -1.63. The fourth-order valence-electron chi connectivity index (χ4n) is 3.27. The van der Waals surface area contributed by atoms with E-state index in [0.29, 0.717) is 6.61 Å². The highest BCUT2D eigenvalue weighted by Gasteiger charge is 2.31. The SMILES string of the molecule is CC(C)c1n[nH]c([C@@H]2CCCCN2C(=O)N[C@H]2CCCOC2)n1. The van der Waals surface area contributed by atoms with E-state index in [9.17, 15) is 4.79 Å². The zero-order valence-electron chi connectivity index (χ0n) is 14.0. The van der Waals surface area contributed by atoms with Crippen LogP contribution < -0.4 is 5.32 Å². The van der Waals surface area contributed by atoms with Gasteiger partial charge in [0.2, 0.25) is 0 Å². The van der Waals surface area contributed by atoms with Crippen LogP contribution in [0.15, 0.2) is 0 Å². The molecule has 0 bridgehead atoms. The van der Waals surface area contributed by atoms with Crippen molar-refractivity contribution in [3.8, 4) is 0 Å². The summed E-state index contributed by atoms with van der Waals surface area (Å²) < 4.78 is 5.45. The number of ether oxygens (including phenoxy) is 1. The van der Waals surface area contributed by atoms with Gasteiger partial charge >= 0.3 is 6.03 Å². The van der Waals surface area contributed by atoms with E-state index < -0.39 is 0 Å². The first kappa shape index (κ1) is 16.2. The second-order valence-electron chi connectivity index (χ2n) is 6.80. The largest absolute Gasteiger partial charge is 0.379 e. The summed E-state index contributed by atoms with van der Waals surface area (Å²) in [6.45, 7) is 6.32. The number of nitrogens with zero attached hydrogens (tertiary/aromatic N) is 3. The van der Waals surface area contributed by atoms with Crippen LogP contribution in [-0.2, 0) is 4.74 Å². The van der Waals surface area contributed by atoms with E-state index in [1.165, 1.54) is 0 Å². The predicted molar refractivity (Wildman–Crippen MR) is 86.1 cm³/mol. The zero-order valence-corrected chi connectivity index (χ0v) is 14.0. The van der Waals surface area contributed by atoms with Crippen LogP contribution in [0.4, 0.5) is 4.79 Å². The van der Waals surface area contributed by atoms with Gasteiger partial charge in [0, 0.05) is 19.1 Å². The van der Waals surface area contributed by atoms with E-state index >= 15 is 0 Å². The zero-order chi connectivity index (χ0) is 16.2. The van der Waals surface area contributed by atoms with Gasteiger partial charge in [0.1, 0.15) is 5.82 Å². The van der Waals surface area contributed by atoms with E-state index in [1.54, 1.807) is 0 Å². The highest BCUT2D eigenvalue weighted by molar-refractivity contribution is 5.75. The first-order valence-corrected chi connectivity index (χ1v) is 8.72. The number of amides is 2. The van der Waals surface area contributed by atoms with Gasteiger partial charge in [-0.1, -0.05) is 13.8 Å². The molecule has 0 saturated carbocycles. The predicted octanol–water partition coefficient (Wildman–Crippen LogP) is 2.34. The van der Waals surface area contributed by atoms with Crippen molar-refractivity contribution in [2.75, 3.05) is 19.8 Å². The smallest absolute Gasteiger partial charge is 0.318 e. The maximum Gasteiger partial charge on any atom is 0.318 e. The van der Waals surface area contributed by atoms with Crippen molar-refractivity contribution in [1.29, 1.82) is 0 Å². The van der Waals surface area contributed by atoms with E-state index in [-0.39, 0.29) is 24.0 Å². The van der Waals surface area contributed by atoms with Gasteiger partial charge in [0.05, 0.1) is 18.7 Å². The number of H-pyrrole nitrogens is 1. The molecule has 1 aromatic heterocycles. The molecule has 0 radical (unpaired) electrons. The van der Waals surface area contributed by atoms with Gasteiger partial charge in [-0.2, -0.15) is 5.10 Å². The van der Waals surface area contributed by atoms with Crippen LogP contribution in [0.2, 0.25) is 0 Å². The van der Waals surface area contributed by atoms with E-state index in [2.05, 4.69) is 34.3 Å². The third-order valence-corrected chi connectivity index (χ3v) is 4.60. The molecule has 0 aromatic carbocycles. The molecule has 7 heteroatoms. The van der Waals surface area contributed by atoms with Crippen molar-refractivity contribution in [3.63, 3.8) is 0 Å². The molecule has 3 rings (SSSR count). The minimum absolute atomic E-state index is 0.00624. The fraction of sp³-hybridized carbons (Fsp3) is 0.812. The number of nitrogens with one attached hydrogen (secondary N) is 2. The van der Waals surface area contributed by atoms with Crippen LogP contribution in [0.3, 0.4) is 0 Å². The number of aromatic amines is 1. The molecule has 2 amide bonds. The number of likely N-dealkylation sites (tertiary alicyclic amines) is 1. The molecule has 2 aliphatic rings. The maximum absolute atomic E-state index is 12.7. The summed E-state index contributed by atoms with van der Waals surface area (Å²) >= 11 is 0. The van der Waals surface area contributed by atoms with E-state index in [1.807, 2.05) is 4.90 Å². The molecule has 23 heavy (non-hydrogen) atoms. The summed E-state index contributed by atoms with van der Waals surface area (Å²) in [4.78, 5) is 19.2. The van der Waals surface area contributed by atoms with Crippen molar-refractivity contribution >= 4 is 6.03 Å². The lowest BCUT2D eigenvalue weighted by Gasteiger charge is -2.36. The molecule has 2 saturated heterocycles. The number of hydrogen-bond donors (Lipinski definition) is 2. The van der Waals surface area contributed by atoms with Gasteiger partial charge < -0.3 is 15.0 Å². The molecule has 2 atom stereocenters. The monoisotopic (exact) mass is 321 g/mol. The Balaban J connectivity index is 1.68. The molecular formula is C16H27N5O2. The minimum Gasteiger partial charge on any atom is -0.379 e. The number of urea groups is 1. The minimum atomic E-state index is -0.00676. The van der Waals surface area contributed by atoms with Crippen LogP contribution in [-0.4, -0.2) is 51.9 Å². The number of aromatic nitrogens is 3. The van der Waals surface area contributed by atoms with E-state index in [4.69, 9.17) is 4.74 Å². The van der Waals surface area contributed by atoms with Crippen molar-refractivity contribution in [2.24, 2.45) is 0 Å². The average Bonchev–Trinajstić information content (AvgIpc) is 3.06. The molecule has 1 aromatic rings. The molecule has 2 N–H and O–H groups in total. The summed E-state index contributed by atoms with van der Waals surface area (Å²) in [7, 11) is 0. The fourth-order valence-corrected chi connectivity index (χ4v) is 3.27. The average molecular weight is 321 g/mol. The third-order valence-electron chi connectivity index (χ3n) is 4.60. The molecule has 2 fully saturated rings. The first-order valence-electron chi connectivity index (χ1n) is 8.72. The first-order chi connectivity index (χ1) is 11.1. The van der Waals surface area contributed by atoms with Crippen LogP contribution in [0.5, 0.6) is 0 Å². The molecule has 7 nitrogen and oxygen atoms in total. The van der Waals surface area contributed by atoms with E-state index in [0.717, 1.165) is 56.9 Å². The highest BCUT2D eigenvalue weighted by Crippen LogP contribution is 2.29. The summed E-state index contributed by atoms with van der Waals surface area (Å²) in [5.74, 6) is 1.90. The van der Waals surface area contributed by atoms with Crippen molar-refractivity contribution in [1.82, 2.24) is 25.4 Å². The Kier molecular flexibility index (Phi) is 5.15. The number of piperidine rings is 1. The molecule has 128 valence electrons. The maximum atomic E-state index is 12.7. The molecule has 0 unspecified atom stereocenters. The lowest BCUT2D eigenvalue weighted by molar-refractivity contribution is 0.0676. The summed E-state index contributed by atoms with van der Waals surface area (Å²) in [5, 5.41) is 10.4. The van der Waals surface area contributed by atoms with Crippen LogP contribution in [0.1, 0.15) is 69.6 Å². The standard InChI is InChI=1S/C16H27N5O2/c1-11(2)14-18-15(20-19-14)13-7-3-4-8-21(13)16(22)17-12-6-5-9-23-10-12/h11-13H,3-10H2,1-2H3,(H,17,22)(H,18,19,20)/t12-,13-/m0/s1. The van der Waals surface area contributed by atoms with Crippen molar-refractivity contribution in [3.05, 3.63) is 11.6 Å². The van der Waals surface area contributed by atoms with Crippen LogP contribution in [0, 0.1) is 0 Å². The lowest BCUT2D eigenvalue weighted by Crippen LogP contribution is -2.50. The summed E-state index contributed by atoms with van der Waals surface area (Å²) in [6, 6.07) is 0.112. The molecular weight excluding hydrogens is 294 g/mol. The van der Waals surface area contributed by atoms with Crippen molar-refractivity contribution in [2.45, 2.75) is 64.0 Å². The number of carbonyl (C=O) groups excluding carboxylic acids is 1. The molecule has 0 spiro atoms. The number of hydrogen-bond acceptors (Lipinski definition) is 4. The topological polar surface area (TPSA) is 83.1 Å². The highest BCUT2D eigenvalue weighted by atomic mass is 16.5. The van der Waals surface area contributed by atoms with Crippen molar-refractivity contribution < 1.29 is 9.53 Å².